The molecule has 6 heteroatoms. The van der Waals surface area contributed by atoms with Crippen LogP contribution in [0.2, 0.25) is 5.02 Å². The zero-order valence-electron chi connectivity index (χ0n) is 10.1. The lowest BCUT2D eigenvalue weighted by Crippen LogP contribution is -2.37. The maximum atomic E-state index is 5.92. The van der Waals surface area contributed by atoms with Gasteiger partial charge in [0.1, 0.15) is 5.75 Å². The van der Waals surface area contributed by atoms with Crippen LogP contribution in [0.5, 0.6) is 5.75 Å². The highest BCUT2D eigenvalue weighted by atomic mass is 35.5. The minimum absolute atomic E-state index is 0.124. The van der Waals surface area contributed by atoms with Crippen LogP contribution < -0.4 is 21.3 Å². The molecule has 0 radical (unpaired) electrons. The summed E-state index contributed by atoms with van der Waals surface area (Å²) in [6, 6.07) is 5.39. The standard InChI is InChI=1S/C11H17ClN4O/c1-7(2)14-11(16-13)15-9-6-8(12)4-5-10(9)17-3/h4-7H,13H2,1-3H3,(H2,14,15,16). The highest BCUT2D eigenvalue weighted by molar-refractivity contribution is 6.31. The Kier molecular flexibility index (Phi) is 5.06. The van der Waals surface area contributed by atoms with Crippen LogP contribution >= 0.6 is 11.6 Å². The number of methoxy groups -OCH3 is 1. The summed E-state index contributed by atoms with van der Waals surface area (Å²) in [6.07, 6.45) is 0. The monoisotopic (exact) mass is 256 g/mol. The number of nitrogens with zero attached hydrogens (tertiary/aromatic N) is 1. The molecule has 0 saturated heterocycles. The zero-order chi connectivity index (χ0) is 12.8. The Morgan fingerprint density at radius 1 is 1.47 bits per heavy atom. The van der Waals surface area contributed by atoms with Crippen molar-refractivity contribution < 1.29 is 4.74 Å². The van der Waals surface area contributed by atoms with Gasteiger partial charge < -0.3 is 10.1 Å². The number of benzene rings is 1. The molecule has 1 rings (SSSR count). The number of anilines is 1. The molecular formula is C11H17ClN4O. The third kappa shape index (κ3) is 4.13. The number of nitrogens with two attached hydrogens (primary N) is 1. The number of aliphatic imine (C=N–C) groups is 1. The van der Waals surface area contributed by atoms with Crippen molar-refractivity contribution in [3.63, 3.8) is 0 Å². The van der Waals surface area contributed by atoms with Gasteiger partial charge in [0.05, 0.1) is 12.8 Å². The van der Waals surface area contributed by atoms with E-state index in [0.29, 0.717) is 22.4 Å². The Balaban J connectivity index is 2.96. The first-order valence-corrected chi connectivity index (χ1v) is 5.59. The lowest BCUT2D eigenvalue weighted by molar-refractivity contribution is 0.417. The van der Waals surface area contributed by atoms with Gasteiger partial charge in [0.25, 0.3) is 0 Å². The summed E-state index contributed by atoms with van der Waals surface area (Å²) in [7, 11) is 1.59. The van der Waals surface area contributed by atoms with Crippen molar-refractivity contribution in [2.75, 3.05) is 12.4 Å². The van der Waals surface area contributed by atoms with Gasteiger partial charge in [0.15, 0.2) is 0 Å². The molecule has 0 atom stereocenters. The Hall–Kier alpha value is -1.46. The fourth-order valence-electron chi connectivity index (χ4n) is 1.27. The Morgan fingerprint density at radius 2 is 2.18 bits per heavy atom. The topological polar surface area (TPSA) is 71.7 Å². The fraction of sp³-hybridized carbons (Fsp3) is 0.364. The number of hydrogen-bond acceptors (Lipinski definition) is 3. The molecule has 0 amide bonds. The molecule has 17 heavy (non-hydrogen) atoms. The number of ether oxygens (including phenoxy) is 1. The van der Waals surface area contributed by atoms with Crippen LogP contribution in [0.1, 0.15) is 13.8 Å². The minimum atomic E-state index is 0.124. The Labute approximate surface area is 106 Å². The molecule has 1 aromatic rings. The van der Waals surface area contributed by atoms with Crippen LogP contribution in [0.3, 0.4) is 0 Å². The van der Waals surface area contributed by atoms with Gasteiger partial charge in [0.2, 0.25) is 5.96 Å². The van der Waals surface area contributed by atoms with Gasteiger partial charge >= 0.3 is 0 Å². The first kappa shape index (κ1) is 13.6. The molecule has 94 valence electrons. The molecule has 4 N–H and O–H groups in total. The van der Waals surface area contributed by atoms with Crippen LogP contribution in [0, 0.1) is 0 Å². The summed E-state index contributed by atoms with van der Waals surface area (Å²) in [5.41, 5.74) is 3.20. The number of hydrogen-bond donors (Lipinski definition) is 3. The summed E-state index contributed by atoms with van der Waals surface area (Å²) in [5.74, 6) is 6.51. The van der Waals surface area contributed by atoms with Gasteiger partial charge in [-0.2, -0.15) is 0 Å². The largest absolute Gasteiger partial charge is 0.495 e. The number of guanidine groups is 1. The highest BCUT2D eigenvalue weighted by Gasteiger charge is 2.06. The van der Waals surface area contributed by atoms with E-state index in [9.17, 15) is 0 Å². The molecule has 5 nitrogen and oxygen atoms in total. The number of nitrogens with one attached hydrogen (secondary N) is 2. The van der Waals surface area contributed by atoms with Crippen molar-refractivity contribution in [1.82, 2.24) is 5.43 Å². The lowest BCUT2D eigenvalue weighted by atomic mass is 10.3. The minimum Gasteiger partial charge on any atom is -0.495 e. The van der Waals surface area contributed by atoms with Gasteiger partial charge in [-0.3, -0.25) is 5.43 Å². The molecule has 0 bridgehead atoms. The van der Waals surface area contributed by atoms with Gasteiger partial charge in [-0.1, -0.05) is 11.6 Å². The summed E-state index contributed by atoms with van der Waals surface area (Å²) in [6.45, 7) is 3.91. The van der Waals surface area contributed by atoms with E-state index in [1.807, 2.05) is 13.8 Å². The summed E-state index contributed by atoms with van der Waals surface area (Å²) >= 11 is 5.92. The second-order valence-electron chi connectivity index (χ2n) is 3.69. The van der Waals surface area contributed by atoms with E-state index in [1.54, 1.807) is 25.3 Å². The van der Waals surface area contributed by atoms with Crippen molar-refractivity contribution >= 4 is 23.2 Å². The molecule has 0 heterocycles. The van der Waals surface area contributed by atoms with Crippen LogP contribution in [0.25, 0.3) is 0 Å². The quantitative estimate of drug-likeness (QED) is 0.335. The molecule has 0 spiro atoms. The second kappa shape index (κ2) is 6.32. The van der Waals surface area contributed by atoms with E-state index in [0.717, 1.165) is 0 Å². The summed E-state index contributed by atoms with van der Waals surface area (Å²) in [4.78, 5) is 4.27. The molecule has 1 aromatic carbocycles. The number of halogens is 1. The van der Waals surface area contributed by atoms with E-state index in [-0.39, 0.29) is 6.04 Å². The maximum Gasteiger partial charge on any atom is 0.210 e. The normalized spacial score (nSPS) is 11.5. The average molecular weight is 257 g/mol. The highest BCUT2D eigenvalue weighted by Crippen LogP contribution is 2.27. The molecular weight excluding hydrogens is 240 g/mol. The maximum absolute atomic E-state index is 5.92. The molecule has 0 aliphatic heterocycles. The van der Waals surface area contributed by atoms with Crippen LogP contribution in [-0.4, -0.2) is 19.1 Å². The molecule has 0 aromatic heterocycles. The van der Waals surface area contributed by atoms with Crippen LogP contribution in [0.4, 0.5) is 5.69 Å². The van der Waals surface area contributed by atoms with Crippen molar-refractivity contribution in [1.29, 1.82) is 0 Å². The van der Waals surface area contributed by atoms with E-state index < -0.39 is 0 Å². The average Bonchev–Trinajstić information content (AvgIpc) is 2.28. The fourth-order valence-corrected chi connectivity index (χ4v) is 1.44. The summed E-state index contributed by atoms with van der Waals surface area (Å²) < 4.78 is 5.21. The smallest absolute Gasteiger partial charge is 0.210 e. The van der Waals surface area contributed by atoms with Gasteiger partial charge in [-0.15, -0.1) is 0 Å². The van der Waals surface area contributed by atoms with Crippen molar-refractivity contribution in [2.45, 2.75) is 19.9 Å². The second-order valence-corrected chi connectivity index (χ2v) is 4.12. The van der Waals surface area contributed by atoms with Gasteiger partial charge in [0, 0.05) is 11.1 Å². The van der Waals surface area contributed by atoms with E-state index in [1.165, 1.54) is 0 Å². The van der Waals surface area contributed by atoms with Crippen molar-refractivity contribution in [3.05, 3.63) is 23.2 Å². The predicted molar refractivity (Wildman–Crippen MR) is 71.5 cm³/mol. The molecule has 0 aliphatic carbocycles. The number of rotatable bonds is 3. The third-order valence-corrected chi connectivity index (χ3v) is 2.17. The zero-order valence-corrected chi connectivity index (χ0v) is 10.9. The van der Waals surface area contributed by atoms with Crippen LogP contribution in [-0.2, 0) is 0 Å². The SMILES string of the molecule is COc1ccc(Cl)cc1NC(=NC(C)C)NN. The van der Waals surface area contributed by atoms with Crippen molar-refractivity contribution in [2.24, 2.45) is 10.8 Å². The lowest BCUT2D eigenvalue weighted by Gasteiger charge is -2.13. The first-order chi connectivity index (χ1) is 8.06. The number of hydrazine groups is 1. The van der Waals surface area contributed by atoms with E-state index >= 15 is 0 Å². The van der Waals surface area contributed by atoms with Crippen LogP contribution in [0.15, 0.2) is 23.2 Å². The Morgan fingerprint density at radius 3 is 2.71 bits per heavy atom. The molecule has 0 aliphatic rings. The predicted octanol–water partition coefficient (Wildman–Crippen LogP) is 1.99. The van der Waals surface area contributed by atoms with E-state index in [2.05, 4.69) is 15.7 Å². The van der Waals surface area contributed by atoms with Gasteiger partial charge in [-0.05, 0) is 32.0 Å². The van der Waals surface area contributed by atoms with E-state index in [4.69, 9.17) is 22.2 Å². The third-order valence-electron chi connectivity index (χ3n) is 1.94. The molecule has 0 saturated carbocycles. The molecule has 0 unspecified atom stereocenters. The van der Waals surface area contributed by atoms with Crippen molar-refractivity contribution in [3.8, 4) is 5.75 Å². The first-order valence-electron chi connectivity index (χ1n) is 5.21. The molecule has 0 fully saturated rings. The Bertz CT molecular complexity index is 406. The summed E-state index contributed by atoms with van der Waals surface area (Å²) in [5, 5.41) is 3.63. The van der Waals surface area contributed by atoms with Gasteiger partial charge in [-0.25, -0.2) is 10.8 Å².